The summed E-state index contributed by atoms with van der Waals surface area (Å²) in [4.78, 5) is 0. The zero-order valence-corrected chi connectivity index (χ0v) is 12.0. The molecule has 1 aliphatic carbocycles. The number of rotatable bonds is 4. The Morgan fingerprint density at radius 1 is 1.25 bits per heavy atom. The Hall–Kier alpha value is -0.330. The van der Waals surface area contributed by atoms with Gasteiger partial charge < -0.3 is 14.8 Å². The average molecular weight is 295 g/mol. The van der Waals surface area contributed by atoms with Gasteiger partial charge in [-0.1, -0.05) is 6.42 Å². The molecule has 0 spiro atoms. The van der Waals surface area contributed by atoms with Crippen LogP contribution in [0.2, 0.25) is 0 Å². The minimum absolute atomic E-state index is 0.0507. The molecular formula is C14H24F3NO2. The third-order valence-corrected chi connectivity index (χ3v) is 4.69. The van der Waals surface area contributed by atoms with Crippen molar-refractivity contribution in [3.8, 4) is 0 Å². The van der Waals surface area contributed by atoms with Crippen LogP contribution in [0.15, 0.2) is 0 Å². The molecule has 2 unspecified atom stereocenters. The molecule has 1 aliphatic heterocycles. The van der Waals surface area contributed by atoms with Crippen molar-refractivity contribution in [3.05, 3.63) is 0 Å². The topological polar surface area (TPSA) is 30.5 Å². The van der Waals surface area contributed by atoms with Crippen LogP contribution in [0.1, 0.15) is 38.5 Å². The summed E-state index contributed by atoms with van der Waals surface area (Å²) in [7, 11) is 1.67. The molecule has 0 aromatic rings. The van der Waals surface area contributed by atoms with Crippen LogP contribution >= 0.6 is 0 Å². The molecule has 118 valence electrons. The quantitative estimate of drug-likeness (QED) is 0.865. The molecule has 2 rings (SSSR count). The first-order valence-corrected chi connectivity index (χ1v) is 7.38. The Morgan fingerprint density at radius 3 is 2.55 bits per heavy atom. The normalized spacial score (nSPS) is 31.2. The molecule has 0 bridgehead atoms. The van der Waals surface area contributed by atoms with Gasteiger partial charge in [0.05, 0.1) is 11.5 Å². The largest absolute Gasteiger partial charge is 0.391 e. The Kier molecular flexibility index (Phi) is 5.31. The number of hydrogen-bond acceptors (Lipinski definition) is 3. The van der Waals surface area contributed by atoms with Crippen LogP contribution in [-0.4, -0.2) is 44.7 Å². The van der Waals surface area contributed by atoms with Gasteiger partial charge in [-0.2, -0.15) is 13.2 Å². The number of alkyl halides is 3. The molecule has 2 aliphatic rings. The van der Waals surface area contributed by atoms with Gasteiger partial charge in [0.2, 0.25) is 0 Å². The van der Waals surface area contributed by atoms with Gasteiger partial charge in [0.15, 0.2) is 0 Å². The SMILES string of the molecule is COC1(CNC2CCCC(C(F)(F)F)C2)CCOCC1. The molecule has 1 N–H and O–H groups in total. The van der Waals surface area contributed by atoms with E-state index >= 15 is 0 Å². The summed E-state index contributed by atoms with van der Waals surface area (Å²) in [6.07, 6.45) is -0.533. The molecule has 1 saturated carbocycles. The molecule has 20 heavy (non-hydrogen) atoms. The smallest absolute Gasteiger partial charge is 0.381 e. The molecule has 1 heterocycles. The van der Waals surface area contributed by atoms with Crippen molar-refractivity contribution in [2.24, 2.45) is 5.92 Å². The highest BCUT2D eigenvalue weighted by Crippen LogP contribution is 2.37. The number of halogens is 3. The molecule has 3 nitrogen and oxygen atoms in total. The zero-order valence-electron chi connectivity index (χ0n) is 12.0. The molecule has 2 fully saturated rings. The van der Waals surface area contributed by atoms with Crippen molar-refractivity contribution in [1.29, 1.82) is 0 Å². The van der Waals surface area contributed by atoms with Gasteiger partial charge in [-0.3, -0.25) is 0 Å². The minimum Gasteiger partial charge on any atom is -0.381 e. The Balaban J connectivity index is 1.83. The summed E-state index contributed by atoms with van der Waals surface area (Å²) < 4.78 is 49.3. The number of nitrogens with one attached hydrogen (secondary N) is 1. The Bertz CT molecular complexity index is 303. The van der Waals surface area contributed by atoms with E-state index in [4.69, 9.17) is 9.47 Å². The molecule has 0 radical (unpaired) electrons. The van der Waals surface area contributed by atoms with Crippen LogP contribution < -0.4 is 5.32 Å². The second-order valence-corrected chi connectivity index (χ2v) is 5.98. The van der Waals surface area contributed by atoms with E-state index in [9.17, 15) is 13.2 Å². The fourth-order valence-electron chi connectivity index (χ4n) is 3.20. The molecular weight excluding hydrogens is 271 g/mol. The second kappa shape index (κ2) is 6.62. The summed E-state index contributed by atoms with van der Waals surface area (Å²) >= 11 is 0. The minimum atomic E-state index is -4.06. The van der Waals surface area contributed by atoms with Gasteiger partial charge in [-0.15, -0.1) is 0 Å². The summed E-state index contributed by atoms with van der Waals surface area (Å²) in [5.74, 6) is -1.15. The van der Waals surface area contributed by atoms with E-state index in [1.807, 2.05) is 0 Å². The predicted octanol–water partition coefficient (Wildman–Crippen LogP) is 2.89. The lowest BCUT2D eigenvalue weighted by Crippen LogP contribution is -2.50. The maximum Gasteiger partial charge on any atom is 0.391 e. The van der Waals surface area contributed by atoms with Gasteiger partial charge >= 0.3 is 6.18 Å². The van der Waals surface area contributed by atoms with E-state index in [2.05, 4.69) is 5.32 Å². The van der Waals surface area contributed by atoms with E-state index in [-0.39, 0.29) is 24.5 Å². The summed E-state index contributed by atoms with van der Waals surface area (Å²) in [5.41, 5.74) is -0.274. The van der Waals surface area contributed by atoms with Crippen molar-refractivity contribution < 1.29 is 22.6 Å². The van der Waals surface area contributed by atoms with Crippen LogP contribution in [0, 0.1) is 5.92 Å². The van der Waals surface area contributed by atoms with Crippen LogP contribution in [0.3, 0.4) is 0 Å². The molecule has 0 amide bonds. The van der Waals surface area contributed by atoms with Crippen molar-refractivity contribution >= 4 is 0 Å². The van der Waals surface area contributed by atoms with Crippen molar-refractivity contribution in [3.63, 3.8) is 0 Å². The van der Waals surface area contributed by atoms with E-state index < -0.39 is 12.1 Å². The lowest BCUT2D eigenvalue weighted by molar-refractivity contribution is -0.184. The van der Waals surface area contributed by atoms with Crippen LogP contribution in [0.25, 0.3) is 0 Å². The Morgan fingerprint density at radius 2 is 1.95 bits per heavy atom. The lowest BCUT2D eigenvalue weighted by atomic mass is 9.84. The number of ether oxygens (including phenoxy) is 2. The summed E-state index contributed by atoms with van der Waals surface area (Å²) in [6, 6.07) is -0.0507. The summed E-state index contributed by atoms with van der Waals surface area (Å²) in [5, 5.41) is 3.30. The first-order chi connectivity index (χ1) is 9.45. The highest BCUT2D eigenvalue weighted by molar-refractivity contribution is 4.89. The van der Waals surface area contributed by atoms with Crippen molar-refractivity contribution in [2.45, 2.75) is 56.3 Å². The first kappa shape index (κ1) is 16.0. The molecule has 0 aromatic carbocycles. The third kappa shape index (κ3) is 4.09. The maximum atomic E-state index is 12.8. The molecule has 6 heteroatoms. The molecule has 0 aromatic heterocycles. The number of methoxy groups -OCH3 is 1. The Labute approximate surface area is 118 Å². The van der Waals surface area contributed by atoms with Crippen LogP contribution in [0.5, 0.6) is 0 Å². The number of hydrogen-bond donors (Lipinski definition) is 1. The highest BCUT2D eigenvalue weighted by Gasteiger charge is 2.42. The first-order valence-electron chi connectivity index (χ1n) is 7.38. The van der Waals surface area contributed by atoms with E-state index in [0.717, 1.165) is 19.3 Å². The second-order valence-electron chi connectivity index (χ2n) is 5.98. The van der Waals surface area contributed by atoms with Crippen LogP contribution in [-0.2, 0) is 9.47 Å². The standard InChI is InChI=1S/C14H24F3NO2/c1-19-13(5-7-20-8-6-13)10-18-12-4-2-3-11(9-12)14(15,16)17/h11-12,18H,2-10H2,1H3. The average Bonchev–Trinajstić information content (AvgIpc) is 2.46. The maximum absolute atomic E-state index is 12.8. The van der Waals surface area contributed by atoms with Gasteiger partial charge in [-0.05, 0) is 19.3 Å². The van der Waals surface area contributed by atoms with Crippen molar-refractivity contribution in [1.82, 2.24) is 5.32 Å². The van der Waals surface area contributed by atoms with Crippen LogP contribution in [0.4, 0.5) is 13.2 Å². The fraction of sp³-hybridized carbons (Fsp3) is 1.00. The predicted molar refractivity (Wildman–Crippen MR) is 69.6 cm³/mol. The van der Waals surface area contributed by atoms with E-state index in [1.54, 1.807) is 7.11 Å². The third-order valence-electron chi connectivity index (χ3n) is 4.69. The van der Waals surface area contributed by atoms with E-state index in [1.165, 1.54) is 0 Å². The van der Waals surface area contributed by atoms with Gasteiger partial charge in [0, 0.05) is 45.8 Å². The zero-order chi connectivity index (χ0) is 14.6. The van der Waals surface area contributed by atoms with Gasteiger partial charge in [-0.25, -0.2) is 0 Å². The fourth-order valence-corrected chi connectivity index (χ4v) is 3.20. The molecule has 1 saturated heterocycles. The highest BCUT2D eigenvalue weighted by atomic mass is 19.4. The van der Waals surface area contributed by atoms with Gasteiger partial charge in [0.1, 0.15) is 0 Å². The monoisotopic (exact) mass is 295 g/mol. The van der Waals surface area contributed by atoms with Crippen molar-refractivity contribution in [2.75, 3.05) is 26.9 Å². The van der Waals surface area contributed by atoms with E-state index in [0.29, 0.717) is 26.2 Å². The van der Waals surface area contributed by atoms with Gasteiger partial charge in [0.25, 0.3) is 0 Å². The molecule has 2 atom stereocenters. The lowest BCUT2D eigenvalue weighted by Gasteiger charge is -2.39. The summed E-state index contributed by atoms with van der Waals surface area (Å²) in [6.45, 7) is 1.93.